The van der Waals surface area contributed by atoms with Gasteiger partial charge in [0.05, 0.1) is 21.3 Å². The van der Waals surface area contributed by atoms with E-state index in [9.17, 15) is 9.90 Å². The van der Waals surface area contributed by atoms with Gasteiger partial charge in [-0.25, -0.2) is 9.48 Å². The van der Waals surface area contributed by atoms with Crippen LogP contribution in [-0.2, 0) is 4.79 Å². The van der Waals surface area contributed by atoms with Crippen molar-refractivity contribution in [3.63, 3.8) is 0 Å². The summed E-state index contributed by atoms with van der Waals surface area (Å²) in [4.78, 5) is 15.7. The van der Waals surface area contributed by atoms with Crippen LogP contribution in [0.2, 0.25) is 0 Å². The lowest BCUT2D eigenvalue weighted by Crippen LogP contribution is -2.24. The van der Waals surface area contributed by atoms with Gasteiger partial charge in [-0.2, -0.15) is 10.1 Å². The molecule has 0 unspecified atom stereocenters. The number of nitrogens with one attached hydrogen (secondary N) is 1. The van der Waals surface area contributed by atoms with E-state index in [0.717, 1.165) is 0 Å². The molecule has 25 heavy (non-hydrogen) atoms. The molecule has 3 rings (SSSR count). The van der Waals surface area contributed by atoms with Crippen molar-refractivity contribution in [2.24, 2.45) is 0 Å². The second-order valence-corrected chi connectivity index (χ2v) is 5.33. The van der Waals surface area contributed by atoms with Gasteiger partial charge in [0, 0.05) is 11.6 Å². The summed E-state index contributed by atoms with van der Waals surface area (Å²) in [6, 6.07) is 2.90. The minimum Gasteiger partial charge on any atom is -0.496 e. The molecule has 0 fully saturated rings. The Bertz CT molecular complexity index is 858. The molecule has 1 aliphatic heterocycles. The fourth-order valence-corrected chi connectivity index (χ4v) is 2.73. The summed E-state index contributed by atoms with van der Waals surface area (Å²) in [5, 5.41) is 16.5. The molecule has 2 N–H and O–H groups in total. The Morgan fingerprint density at radius 2 is 1.80 bits per heavy atom. The molecule has 2 aromatic rings. The van der Waals surface area contributed by atoms with E-state index in [2.05, 4.69) is 15.4 Å². The summed E-state index contributed by atoms with van der Waals surface area (Å²) in [6.45, 7) is 1.73. The van der Waals surface area contributed by atoms with Crippen LogP contribution in [0.1, 0.15) is 17.4 Å². The molecule has 0 amide bonds. The van der Waals surface area contributed by atoms with Crippen molar-refractivity contribution < 1.29 is 24.1 Å². The number of nitrogens with zero attached hydrogens (tertiary/aromatic N) is 3. The molecule has 0 saturated heterocycles. The third-order valence-corrected chi connectivity index (χ3v) is 3.86. The van der Waals surface area contributed by atoms with Gasteiger partial charge in [-0.1, -0.05) is 0 Å². The number of aromatic nitrogens is 3. The highest BCUT2D eigenvalue weighted by molar-refractivity contribution is 5.90. The van der Waals surface area contributed by atoms with Gasteiger partial charge < -0.3 is 24.6 Å². The van der Waals surface area contributed by atoms with E-state index >= 15 is 0 Å². The zero-order valence-electron chi connectivity index (χ0n) is 14.2. The minimum absolute atomic E-state index is 0.0155. The molecule has 9 nitrogen and oxygen atoms in total. The number of anilines is 1. The molecule has 9 heteroatoms. The maximum atomic E-state index is 11.5. The zero-order chi connectivity index (χ0) is 18.1. The lowest BCUT2D eigenvalue weighted by Gasteiger charge is -2.24. The average Bonchev–Trinajstić information content (AvgIpc) is 2.99. The first-order valence-corrected chi connectivity index (χ1v) is 7.43. The van der Waals surface area contributed by atoms with Crippen LogP contribution in [0.25, 0.3) is 0 Å². The molecule has 1 aromatic heterocycles. The topological polar surface area (TPSA) is 108 Å². The number of aryl methyl sites for hydroxylation is 1. The quantitative estimate of drug-likeness (QED) is 0.840. The third-order valence-electron chi connectivity index (χ3n) is 3.86. The highest BCUT2D eigenvalue weighted by Crippen LogP contribution is 2.41. The van der Waals surface area contributed by atoms with Gasteiger partial charge in [0.2, 0.25) is 5.95 Å². The average molecular weight is 346 g/mol. The maximum Gasteiger partial charge on any atom is 0.352 e. The Balaban J connectivity index is 2.21. The number of carboxylic acid groups (broad SMARTS) is 1. The molecule has 0 bridgehead atoms. The molecular weight excluding hydrogens is 328 g/mol. The van der Waals surface area contributed by atoms with E-state index in [4.69, 9.17) is 14.2 Å². The van der Waals surface area contributed by atoms with Gasteiger partial charge in [-0.05, 0) is 19.1 Å². The number of rotatable bonds is 5. The van der Waals surface area contributed by atoms with Crippen molar-refractivity contribution in [3.05, 3.63) is 35.3 Å². The standard InChI is InChI=1S/C16H18N4O5/c1-8-17-16-18-10(15(21)22)6-11(20(16)19-8)9-5-13(24-3)14(25-4)7-12(9)23-2/h5-7,11H,1-4H3,(H,21,22)(H,17,18,19)/t11-/m0/s1. The van der Waals surface area contributed by atoms with Gasteiger partial charge >= 0.3 is 5.97 Å². The predicted octanol–water partition coefficient (Wildman–Crippen LogP) is 1.60. The van der Waals surface area contributed by atoms with Crippen molar-refractivity contribution in [1.29, 1.82) is 0 Å². The summed E-state index contributed by atoms with van der Waals surface area (Å²) >= 11 is 0. The van der Waals surface area contributed by atoms with E-state index in [0.29, 0.717) is 34.6 Å². The summed E-state index contributed by atoms with van der Waals surface area (Å²) in [5.74, 6) is 1.31. The SMILES string of the molecule is COc1cc(OC)c([C@@H]2C=C(C(=O)O)Nc3nc(C)nn32)cc1OC. The zero-order valence-corrected chi connectivity index (χ0v) is 14.2. The van der Waals surface area contributed by atoms with Crippen LogP contribution in [0.4, 0.5) is 5.95 Å². The number of fused-ring (bicyclic) bond motifs is 1. The number of aliphatic carboxylic acids is 1. The molecule has 2 heterocycles. The maximum absolute atomic E-state index is 11.5. The van der Waals surface area contributed by atoms with E-state index in [1.54, 1.807) is 29.8 Å². The Kier molecular flexibility index (Phi) is 4.22. The number of benzene rings is 1. The van der Waals surface area contributed by atoms with E-state index < -0.39 is 12.0 Å². The van der Waals surface area contributed by atoms with Gasteiger partial charge in [0.25, 0.3) is 0 Å². The van der Waals surface area contributed by atoms with Crippen LogP contribution in [0.15, 0.2) is 23.9 Å². The highest BCUT2D eigenvalue weighted by Gasteiger charge is 2.29. The van der Waals surface area contributed by atoms with Crippen molar-refractivity contribution in [1.82, 2.24) is 14.8 Å². The van der Waals surface area contributed by atoms with Crippen molar-refractivity contribution >= 4 is 11.9 Å². The number of carbonyl (C=O) groups is 1. The molecule has 1 aromatic carbocycles. The fraction of sp³-hybridized carbons (Fsp3) is 0.312. The molecule has 0 saturated carbocycles. The van der Waals surface area contributed by atoms with Crippen molar-refractivity contribution in [2.45, 2.75) is 13.0 Å². The molecule has 0 aliphatic carbocycles. The van der Waals surface area contributed by atoms with Gasteiger partial charge in [0.1, 0.15) is 23.3 Å². The monoisotopic (exact) mass is 346 g/mol. The van der Waals surface area contributed by atoms with Crippen molar-refractivity contribution in [2.75, 3.05) is 26.6 Å². The van der Waals surface area contributed by atoms with Gasteiger partial charge in [-0.15, -0.1) is 0 Å². The van der Waals surface area contributed by atoms with Crippen LogP contribution >= 0.6 is 0 Å². The molecule has 1 aliphatic rings. The Labute approximate surface area is 143 Å². The number of allylic oxidation sites excluding steroid dienone is 1. The summed E-state index contributed by atoms with van der Waals surface area (Å²) < 4.78 is 17.7. The van der Waals surface area contributed by atoms with Gasteiger partial charge in [0.15, 0.2) is 11.5 Å². The summed E-state index contributed by atoms with van der Waals surface area (Å²) in [7, 11) is 4.59. The number of hydrogen-bond acceptors (Lipinski definition) is 7. The highest BCUT2D eigenvalue weighted by atomic mass is 16.5. The largest absolute Gasteiger partial charge is 0.496 e. The van der Waals surface area contributed by atoms with Crippen LogP contribution < -0.4 is 19.5 Å². The van der Waals surface area contributed by atoms with Crippen LogP contribution in [0.5, 0.6) is 17.2 Å². The third kappa shape index (κ3) is 2.84. The summed E-state index contributed by atoms with van der Waals surface area (Å²) in [5.41, 5.74) is 0.688. The number of methoxy groups -OCH3 is 3. The Morgan fingerprint density at radius 3 is 2.40 bits per heavy atom. The minimum atomic E-state index is -1.09. The first-order valence-electron chi connectivity index (χ1n) is 7.43. The molecule has 0 spiro atoms. The van der Waals surface area contributed by atoms with Crippen LogP contribution in [0, 0.1) is 6.92 Å². The second kappa shape index (κ2) is 6.34. The molecule has 0 radical (unpaired) electrons. The Morgan fingerprint density at radius 1 is 1.16 bits per heavy atom. The molecule has 1 atom stereocenters. The van der Waals surface area contributed by atoms with Crippen molar-refractivity contribution in [3.8, 4) is 17.2 Å². The first-order chi connectivity index (χ1) is 12.0. The lowest BCUT2D eigenvalue weighted by atomic mass is 10.0. The number of ether oxygens (including phenoxy) is 3. The van der Waals surface area contributed by atoms with Gasteiger partial charge in [-0.3, -0.25) is 0 Å². The fourth-order valence-electron chi connectivity index (χ4n) is 2.73. The second-order valence-electron chi connectivity index (χ2n) is 5.33. The number of hydrogen-bond donors (Lipinski definition) is 2. The smallest absolute Gasteiger partial charge is 0.352 e. The lowest BCUT2D eigenvalue weighted by molar-refractivity contribution is -0.132. The molecule has 132 valence electrons. The molecular formula is C16H18N4O5. The van der Waals surface area contributed by atoms with E-state index in [1.807, 2.05) is 0 Å². The van der Waals surface area contributed by atoms with E-state index in [1.165, 1.54) is 21.3 Å². The van der Waals surface area contributed by atoms with E-state index in [-0.39, 0.29) is 5.70 Å². The van der Waals surface area contributed by atoms with Crippen LogP contribution in [0.3, 0.4) is 0 Å². The van der Waals surface area contributed by atoms with Crippen LogP contribution in [-0.4, -0.2) is 47.2 Å². The summed E-state index contributed by atoms with van der Waals surface area (Å²) in [6.07, 6.45) is 1.55. The Hall–Kier alpha value is -3.23. The first kappa shape index (κ1) is 16.6. The number of carboxylic acids is 1. The normalized spacial score (nSPS) is 15.7. The predicted molar refractivity (Wildman–Crippen MR) is 88.3 cm³/mol.